The number of carbonyl (C=O) groups is 3. The van der Waals surface area contributed by atoms with Crippen molar-refractivity contribution in [2.75, 3.05) is 11.9 Å². The Hall–Kier alpha value is -4.20. The van der Waals surface area contributed by atoms with Gasteiger partial charge >= 0.3 is 12.1 Å². The number of aromatic nitrogens is 1. The minimum atomic E-state index is -1.14. The molecule has 3 aromatic rings. The first-order valence-corrected chi connectivity index (χ1v) is 11.3. The van der Waals surface area contributed by atoms with Crippen LogP contribution in [0.2, 0.25) is 0 Å². The predicted molar refractivity (Wildman–Crippen MR) is 131 cm³/mol. The second-order valence-electron chi connectivity index (χ2n) is 9.47. The second-order valence-corrected chi connectivity index (χ2v) is 9.47. The van der Waals surface area contributed by atoms with Crippen molar-refractivity contribution in [2.45, 2.75) is 32.7 Å². The van der Waals surface area contributed by atoms with E-state index in [1.165, 1.54) is 12.1 Å². The number of amides is 2. The fourth-order valence-corrected chi connectivity index (χ4v) is 4.22. The van der Waals surface area contributed by atoms with Crippen LogP contribution in [-0.4, -0.2) is 40.7 Å². The van der Waals surface area contributed by atoms with E-state index in [-0.39, 0.29) is 24.0 Å². The number of hydrogen-bond donors (Lipinski definition) is 3. The molecule has 0 radical (unpaired) electrons. The number of aliphatic carboxylic acids is 1. The third kappa shape index (κ3) is 5.16. The van der Waals surface area contributed by atoms with Crippen LogP contribution in [0.25, 0.3) is 11.1 Å². The number of pyridine rings is 1. The van der Waals surface area contributed by atoms with Gasteiger partial charge in [-0.05, 0) is 39.8 Å². The molecule has 1 aliphatic carbocycles. The fourth-order valence-electron chi connectivity index (χ4n) is 4.22. The summed E-state index contributed by atoms with van der Waals surface area (Å²) in [6.07, 6.45) is -0.699. The lowest BCUT2D eigenvalue weighted by Gasteiger charge is -2.27. The van der Waals surface area contributed by atoms with Gasteiger partial charge in [0.05, 0.1) is 0 Å². The Labute approximate surface area is 203 Å². The van der Waals surface area contributed by atoms with Gasteiger partial charge in [-0.1, -0.05) is 75.4 Å². The normalized spacial score (nSPS) is 13.3. The van der Waals surface area contributed by atoms with Gasteiger partial charge in [0.1, 0.15) is 24.2 Å². The summed E-state index contributed by atoms with van der Waals surface area (Å²) in [6, 6.07) is 19.5. The van der Waals surface area contributed by atoms with Gasteiger partial charge in [-0.2, -0.15) is 0 Å². The van der Waals surface area contributed by atoms with Crippen LogP contribution in [0.3, 0.4) is 0 Å². The Balaban J connectivity index is 1.41. The molecule has 180 valence electrons. The molecule has 1 atom stereocenters. The van der Waals surface area contributed by atoms with Crippen LogP contribution < -0.4 is 10.6 Å². The molecule has 2 amide bonds. The SMILES string of the molecule is CC(C)(C)[C@@H](NC(=O)c1cccc(NC(=O)OCC2c3ccccc3-c3ccccc32)n1)C(=O)O. The molecule has 8 nitrogen and oxygen atoms in total. The van der Waals surface area contributed by atoms with Gasteiger partial charge in [0.25, 0.3) is 5.91 Å². The second kappa shape index (κ2) is 9.58. The summed E-state index contributed by atoms with van der Waals surface area (Å²) in [5.41, 5.74) is 3.76. The Kier molecular flexibility index (Phi) is 6.55. The molecule has 8 heteroatoms. The van der Waals surface area contributed by atoms with E-state index in [1.807, 2.05) is 36.4 Å². The van der Waals surface area contributed by atoms with E-state index in [2.05, 4.69) is 27.8 Å². The molecule has 35 heavy (non-hydrogen) atoms. The van der Waals surface area contributed by atoms with E-state index in [0.717, 1.165) is 22.3 Å². The van der Waals surface area contributed by atoms with E-state index in [0.29, 0.717) is 0 Å². The highest BCUT2D eigenvalue weighted by Gasteiger charge is 2.33. The van der Waals surface area contributed by atoms with Crippen molar-refractivity contribution in [3.63, 3.8) is 0 Å². The van der Waals surface area contributed by atoms with Crippen LogP contribution in [0.15, 0.2) is 66.7 Å². The molecule has 1 heterocycles. The number of rotatable bonds is 6. The third-order valence-electron chi connectivity index (χ3n) is 5.94. The maximum atomic E-state index is 12.6. The Morgan fingerprint density at radius 1 is 0.943 bits per heavy atom. The average molecular weight is 474 g/mol. The quantitative estimate of drug-likeness (QED) is 0.479. The number of anilines is 1. The van der Waals surface area contributed by atoms with Gasteiger partial charge in [0.15, 0.2) is 0 Å². The summed E-state index contributed by atoms with van der Waals surface area (Å²) in [4.78, 5) is 40.8. The molecule has 4 rings (SSSR count). The molecule has 1 aromatic heterocycles. The van der Waals surface area contributed by atoms with E-state index < -0.39 is 29.4 Å². The summed E-state index contributed by atoms with van der Waals surface area (Å²) < 4.78 is 5.52. The van der Waals surface area contributed by atoms with Gasteiger partial charge in [0, 0.05) is 5.92 Å². The molecule has 0 saturated heterocycles. The number of benzene rings is 2. The number of carboxylic acids is 1. The molecule has 0 aliphatic heterocycles. The van der Waals surface area contributed by atoms with Crippen molar-refractivity contribution in [2.24, 2.45) is 5.41 Å². The molecule has 0 spiro atoms. The van der Waals surface area contributed by atoms with Gasteiger partial charge < -0.3 is 15.2 Å². The van der Waals surface area contributed by atoms with Crippen molar-refractivity contribution >= 4 is 23.8 Å². The summed E-state index contributed by atoms with van der Waals surface area (Å²) >= 11 is 0. The van der Waals surface area contributed by atoms with E-state index in [4.69, 9.17) is 4.74 Å². The maximum Gasteiger partial charge on any atom is 0.412 e. The van der Waals surface area contributed by atoms with Gasteiger partial charge in [-0.3, -0.25) is 10.1 Å². The Morgan fingerprint density at radius 2 is 1.54 bits per heavy atom. The van der Waals surface area contributed by atoms with Gasteiger partial charge in [-0.15, -0.1) is 0 Å². The summed E-state index contributed by atoms with van der Waals surface area (Å²) in [5, 5.41) is 14.5. The molecule has 0 unspecified atom stereocenters. The van der Waals surface area contributed by atoms with Crippen molar-refractivity contribution in [3.05, 3.63) is 83.6 Å². The lowest BCUT2D eigenvalue weighted by Crippen LogP contribution is -2.49. The molecule has 0 bridgehead atoms. The monoisotopic (exact) mass is 473 g/mol. The number of fused-ring (bicyclic) bond motifs is 3. The van der Waals surface area contributed by atoms with Gasteiger partial charge in [-0.25, -0.2) is 14.6 Å². The van der Waals surface area contributed by atoms with Crippen molar-refractivity contribution in [3.8, 4) is 11.1 Å². The van der Waals surface area contributed by atoms with Crippen LogP contribution in [0.4, 0.5) is 10.6 Å². The zero-order valence-electron chi connectivity index (χ0n) is 19.7. The number of ether oxygens (including phenoxy) is 1. The number of hydrogen-bond acceptors (Lipinski definition) is 5. The highest BCUT2D eigenvalue weighted by molar-refractivity contribution is 5.96. The largest absolute Gasteiger partial charge is 0.480 e. The first-order chi connectivity index (χ1) is 16.6. The zero-order valence-corrected chi connectivity index (χ0v) is 19.7. The number of nitrogens with zero attached hydrogens (tertiary/aromatic N) is 1. The average Bonchev–Trinajstić information content (AvgIpc) is 3.14. The van der Waals surface area contributed by atoms with Crippen molar-refractivity contribution < 1.29 is 24.2 Å². The van der Waals surface area contributed by atoms with Crippen LogP contribution in [0, 0.1) is 5.41 Å². The Morgan fingerprint density at radius 3 is 2.11 bits per heavy atom. The van der Waals surface area contributed by atoms with Crippen molar-refractivity contribution in [1.82, 2.24) is 10.3 Å². The molecule has 1 aliphatic rings. The minimum absolute atomic E-state index is 0.0167. The molecular weight excluding hydrogens is 446 g/mol. The number of carboxylic acid groups (broad SMARTS) is 1. The first kappa shape index (κ1) is 23.9. The highest BCUT2D eigenvalue weighted by atomic mass is 16.5. The van der Waals surface area contributed by atoms with Crippen LogP contribution in [-0.2, 0) is 9.53 Å². The summed E-state index contributed by atoms with van der Waals surface area (Å²) in [6.45, 7) is 5.30. The van der Waals surface area contributed by atoms with E-state index in [9.17, 15) is 19.5 Å². The summed E-state index contributed by atoms with van der Waals surface area (Å²) in [5.74, 6) is -1.75. The van der Waals surface area contributed by atoms with Gasteiger partial charge in [0.2, 0.25) is 0 Å². The Bertz CT molecular complexity index is 1240. The smallest absolute Gasteiger partial charge is 0.412 e. The highest BCUT2D eigenvalue weighted by Crippen LogP contribution is 2.44. The van der Waals surface area contributed by atoms with E-state index in [1.54, 1.807) is 26.8 Å². The van der Waals surface area contributed by atoms with Crippen molar-refractivity contribution in [1.29, 1.82) is 0 Å². The fraction of sp³-hybridized carbons (Fsp3) is 0.259. The molecule has 3 N–H and O–H groups in total. The maximum absolute atomic E-state index is 12.6. The topological polar surface area (TPSA) is 118 Å². The van der Waals surface area contributed by atoms with Crippen LogP contribution >= 0.6 is 0 Å². The number of carbonyl (C=O) groups excluding carboxylic acids is 2. The summed E-state index contributed by atoms with van der Waals surface area (Å²) in [7, 11) is 0. The molecule has 2 aromatic carbocycles. The molecule has 0 fully saturated rings. The predicted octanol–water partition coefficient (Wildman–Crippen LogP) is 4.67. The first-order valence-electron chi connectivity index (χ1n) is 11.3. The lowest BCUT2D eigenvalue weighted by molar-refractivity contribution is -0.142. The number of nitrogens with one attached hydrogen (secondary N) is 2. The zero-order chi connectivity index (χ0) is 25.2. The third-order valence-corrected chi connectivity index (χ3v) is 5.94. The lowest BCUT2D eigenvalue weighted by atomic mass is 9.86. The van der Waals surface area contributed by atoms with Crippen LogP contribution in [0.5, 0.6) is 0 Å². The van der Waals surface area contributed by atoms with E-state index >= 15 is 0 Å². The minimum Gasteiger partial charge on any atom is -0.480 e. The van der Waals surface area contributed by atoms with Crippen LogP contribution in [0.1, 0.15) is 48.3 Å². The molecule has 0 saturated carbocycles. The molecular formula is C27H27N3O5. The standard InChI is InChI=1S/C27H27N3O5/c1-27(2,3)23(25(32)33)30-24(31)21-13-8-14-22(28-21)29-26(34)35-15-20-18-11-6-4-9-16(18)17-10-5-7-12-19(17)20/h4-14,20,23H,15H2,1-3H3,(H,30,31)(H,32,33)(H,28,29,34)/t23-/m0/s1.